The quantitative estimate of drug-likeness (QED) is 0.612. The van der Waals surface area contributed by atoms with E-state index < -0.39 is 0 Å². The van der Waals surface area contributed by atoms with Crippen LogP contribution in [0.5, 0.6) is 0 Å². The molecule has 0 atom stereocenters. The maximum atomic E-state index is 11.7. The molecule has 0 fully saturated rings. The molecule has 0 amide bonds. The SMILES string of the molecule is CC(C)C(C)(C)CNCCCF. The molecule has 0 spiro atoms. The summed E-state index contributed by atoms with van der Waals surface area (Å²) in [6, 6.07) is 0. The molecule has 1 N–H and O–H groups in total. The highest BCUT2D eigenvalue weighted by Gasteiger charge is 2.21. The van der Waals surface area contributed by atoms with Gasteiger partial charge in [0.05, 0.1) is 6.67 Å². The predicted molar refractivity (Wildman–Crippen MR) is 52.1 cm³/mol. The molecule has 0 heterocycles. The third-order valence-electron chi connectivity index (χ3n) is 2.63. The Kier molecular flexibility index (Phi) is 5.47. The molecule has 0 bridgehead atoms. The summed E-state index contributed by atoms with van der Waals surface area (Å²) in [6.45, 7) is 10.5. The Balaban J connectivity index is 3.47. The fraction of sp³-hybridized carbons (Fsp3) is 1.00. The van der Waals surface area contributed by atoms with Crippen molar-refractivity contribution in [2.75, 3.05) is 19.8 Å². The van der Waals surface area contributed by atoms with Crippen LogP contribution in [0.1, 0.15) is 34.1 Å². The average Bonchev–Trinajstić information content (AvgIpc) is 1.98. The van der Waals surface area contributed by atoms with Gasteiger partial charge in [-0.15, -0.1) is 0 Å². The zero-order valence-corrected chi connectivity index (χ0v) is 8.78. The fourth-order valence-corrected chi connectivity index (χ4v) is 0.806. The molecule has 0 aromatic heterocycles. The molecule has 12 heavy (non-hydrogen) atoms. The standard InChI is InChI=1S/C10H22FN/c1-9(2)10(3,4)8-12-7-5-6-11/h9,12H,5-8H2,1-4H3. The first-order valence-corrected chi connectivity index (χ1v) is 4.77. The number of hydrogen-bond acceptors (Lipinski definition) is 1. The summed E-state index contributed by atoms with van der Waals surface area (Å²) in [5.74, 6) is 0.662. The van der Waals surface area contributed by atoms with Crippen molar-refractivity contribution in [3.63, 3.8) is 0 Å². The summed E-state index contributed by atoms with van der Waals surface area (Å²) < 4.78 is 11.7. The Hall–Kier alpha value is -0.110. The summed E-state index contributed by atoms with van der Waals surface area (Å²) >= 11 is 0. The second-order valence-corrected chi connectivity index (χ2v) is 4.36. The summed E-state index contributed by atoms with van der Waals surface area (Å²) in [4.78, 5) is 0. The maximum Gasteiger partial charge on any atom is 0.0906 e. The zero-order valence-electron chi connectivity index (χ0n) is 8.78. The molecule has 2 heteroatoms. The van der Waals surface area contributed by atoms with E-state index in [0.29, 0.717) is 17.8 Å². The van der Waals surface area contributed by atoms with Gasteiger partial charge in [-0.25, -0.2) is 0 Å². The molecule has 0 unspecified atom stereocenters. The van der Waals surface area contributed by atoms with E-state index in [1.807, 2.05) is 0 Å². The summed E-state index contributed by atoms with van der Waals surface area (Å²) in [5, 5.41) is 3.27. The first-order valence-electron chi connectivity index (χ1n) is 4.77. The molecule has 0 aliphatic rings. The molecule has 0 aliphatic carbocycles. The summed E-state index contributed by atoms with van der Waals surface area (Å²) in [7, 11) is 0. The van der Waals surface area contributed by atoms with Gasteiger partial charge in [0.25, 0.3) is 0 Å². The molecular weight excluding hydrogens is 153 g/mol. The van der Waals surface area contributed by atoms with Gasteiger partial charge >= 0.3 is 0 Å². The van der Waals surface area contributed by atoms with Gasteiger partial charge in [-0.3, -0.25) is 4.39 Å². The van der Waals surface area contributed by atoms with Gasteiger partial charge in [0.15, 0.2) is 0 Å². The molecule has 0 aromatic rings. The third-order valence-corrected chi connectivity index (χ3v) is 2.63. The van der Waals surface area contributed by atoms with Crippen LogP contribution in [0.2, 0.25) is 0 Å². The number of hydrogen-bond donors (Lipinski definition) is 1. The van der Waals surface area contributed by atoms with E-state index in [1.165, 1.54) is 0 Å². The van der Waals surface area contributed by atoms with E-state index in [9.17, 15) is 4.39 Å². The van der Waals surface area contributed by atoms with E-state index in [4.69, 9.17) is 0 Å². The molecule has 0 rings (SSSR count). The highest BCUT2D eigenvalue weighted by molar-refractivity contribution is 4.74. The Morgan fingerprint density at radius 2 is 1.92 bits per heavy atom. The van der Waals surface area contributed by atoms with Crippen molar-refractivity contribution in [2.45, 2.75) is 34.1 Å². The Morgan fingerprint density at radius 1 is 1.33 bits per heavy atom. The molecule has 0 aliphatic heterocycles. The minimum atomic E-state index is -0.213. The Morgan fingerprint density at radius 3 is 2.33 bits per heavy atom. The second-order valence-electron chi connectivity index (χ2n) is 4.36. The van der Waals surface area contributed by atoms with E-state index in [2.05, 4.69) is 33.0 Å². The summed E-state index contributed by atoms with van der Waals surface area (Å²) in [6.07, 6.45) is 0.633. The topological polar surface area (TPSA) is 12.0 Å². The molecule has 1 nitrogen and oxygen atoms in total. The van der Waals surface area contributed by atoms with Gasteiger partial charge < -0.3 is 5.32 Å². The summed E-state index contributed by atoms with van der Waals surface area (Å²) in [5.41, 5.74) is 0.316. The predicted octanol–water partition coefficient (Wildman–Crippen LogP) is 2.62. The molecule has 0 radical (unpaired) electrons. The minimum absolute atomic E-state index is 0.213. The van der Waals surface area contributed by atoms with E-state index in [-0.39, 0.29) is 6.67 Å². The van der Waals surface area contributed by atoms with Crippen LogP contribution in [0.15, 0.2) is 0 Å². The van der Waals surface area contributed by atoms with Crippen molar-refractivity contribution in [1.29, 1.82) is 0 Å². The van der Waals surface area contributed by atoms with Crippen molar-refractivity contribution in [1.82, 2.24) is 5.32 Å². The number of alkyl halides is 1. The van der Waals surface area contributed by atoms with Crippen LogP contribution >= 0.6 is 0 Å². The smallest absolute Gasteiger partial charge is 0.0906 e. The van der Waals surface area contributed by atoms with Crippen LogP contribution in [0.3, 0.4) is 0 Å². The number of halogens is 1. The first kappa shape index (κ1) is 11.9. The van der Waals surface area contributed by atoms with Gasteiger partial charge in [0.2, 0.25) is 0 Å². The monoisotopic (exact) mass is 175 g/mol. The average molecular weight is 175 g/mol. The molecule has 0 aromatic carbocycles. The third kappa shape index (κ3) is 4.70. The molecule has 74 valence electrons. The zero-order chi connectivity index (χ0) is 9.61. The lowest BCUT2D eigenvalue weighted by atomic mass is 9.81. The highest BCUT2D eigenvalue weighted by atomic mass is 19.1. The molecule has 0 saturated carbocycles. The Labute approximate surface area is 75.7 Å². The van der Waals surface area contributed by atoms with Gasteiger partial charge in [0, 0.05) is 6.54 Å². The fourth-order valence-electron chi connectivity index (χ4n) is 0.806. The van der Waals surface area contributed by atoms with E-state index in [0.717, 1.165) is 13.1 Å². The van der Waals surface area contributed by atoms with Crippen molar-refractivity contribution in [3.8, 4) is 0 Å². The molecule has 0 saturated heterocycles. The minimum Gasteiger partial charge on any atom is -0.316 e. The van der Waals surface area contributed by atoms with Crippen LogP contribution in [0.4, 0.5) is 4.39 Å². The lowest BCUT2D eigenvalue weighted by Crippen LogP contribution is -2.34. The van der Waals surface area contributed by atoms with Crippen molar-refractivity contribution in [2.24, 2.45) is 11.3 Å². The first-order chi connectivity index (χ1) is 5.50. The van der Waals surface area contributed by atoms with Crippen molar-refractivity contribution >= 4 is 0 Å². The lowest BCUT2D eigenvalue weighted by Gasteiger charge is -2.29. The van der Waals surface area contributed by atoms with Gasteiger partial charge in [0.1, 0.15) is 0 Å². The van der Waals surface area contributed by atoms with Gasteiger partial charge in [-0.2, -0.15) is 0 Å². The van der Waals surface area contributed by atoms with Crippen molar-refractivity contribution in [3.05, 3.63) is 0 Å². The number of nitrogens with one attached hydrogen (secondary N) is 1. The van der Waals surface area contributed by atoms with Gasteiger partial charge in [-0.1, -0.05) is 27.7 Å². The van der Waals surface area contributed by atoms with Crippen LogP contribution in [0, 0.1) is 11.3 Å². The largest absolute Gasteiger partial charge is 0.316 e. The normalized spacial score (nSPS) is 12.5. The number of rotatable bonds is 6. The van der Waals surface area contributed by atoms with Crippen LogP contribution in [0.25, 0.3) is 0 Å². The molecular formula is C10H22FN. The second kappa shape index (κ2) is 5.52. The van der Waals surface area contributed by atoms with Crippen LogP contribution in [-0.4, -0.2) is 19.8 Å². The van der Waals surface area contributed by atoms with Crippen LogP contribution in [-0.2, 0) is 0 Å². The van der Waals surface area contributed by atoms with E-state index in [1.54, 1.807) is 0 Å². The van der Waals surface area contributed by atoms with Gasteiger partial charge in [-0.05, 0) is 24.3 Å². The lowest BCUT2D eigenvalue weighted by molar-refractivity contribution is 0.237. The maximum absolute atomic E-state index is 11.7. The van der Waals surface area contributed by atoms with E-state index >= 15 is 0 Å². The Bertz CT molecular complexity index is 110. The van der Waals surface area contributed by atoms with Crippen molar-refractivity contribution < 1.29 is 4.39 Å². The highest BCUT2D eigenvalue weighted by Crippen LogP contribution is 2.24. The van der Waals surface area contributed by atoms with Crippen LogP contribution < -0.4 is 5.32 Å².